The molecule has 0 spiro atoms. The van der Waals surface area contributed by atoms with E-state index in [0.717, 1.165) is 42.6 Å². The van der Waals surface area contributed by atoms with Gasteiger partial charge >= 0.3 is 12.3 Å². The van der Waals surface area contributed by atoms with Crippen molar-refractivity contribution in [3.05, 3.63) is 89.5 Å². The minimum atomic E-state index is -4.91. The van der Waals surface area contributed by atoms with E-state index >= 15 is 4.39 Å². The van der Waals surface area contributed by atoms with Crippen LogP contribution in [-0.2, 0) is 35.5 Å². The molecule has 1 aromatic heterocycles. The van der Waals surface area contributed by atoms with Crippen molar-refractivity contribution in [2.24, 2.45) is 18.6 Å². The highest BCUT2D eigenvalue weighted by Gasteiger charge is 2.36. The maximum atomic E-state index is 15.0. The number of aliphatic hydroxyl groups is 1. The molecule has 0 radical (unpaired) electrons. The molecular formula is C30H29F6N5O4S. The van der Waals surface area contributed by atoms with E-state index in [1.807, 2.05) is 0 Å². The highest BCUT2D eigenvalue weighted by molar-refractivity contribution is 7.90. The smallest absolute Gasteiger partial charge is 0.573 e. The number of aliphatic hydroxyl groups excluding tert-OH is 1. The number of ether oxygens (including phenoxy) is 2. The molecule has 4 aromatic rings. The van der Waals surface area contributed by atoms with Gasteiger partial charge in [-0.2, -0.15) is 13.9 Å². The lowest BCUT2D eigenvalue weighted by Crippen LogP contribution is -2.30. The van der Waals surface area contributed by atoms with Gasteiger partial charge in [-0.05, 0) is 64.8 Å². The van der Waals surface area contributed by atoms with E-state index in [-0.39, 0.29) is 44.2 Å². The van der Waals surface area contributed by atoms with Gasteiger partial charge < -0.3 is 24.9 Å². The van der Waals surface area contributed by atoms with Crippen molar-refractivity contribution in [3.63, 3.8) is 0 Å². The van der Waals surface area contributed by atoms with E-state index in [2.05, 4.69) is 14.6 Å². The normalized spacial score (nSPS) is 13.2. The van der Waals surface area contributed by atoms with Gasteiger partial charge in [0.2, 0.25) is 0 Å². The summed E-state index contributed by atoms with van der Waals surface area (Å²) in [6.07, 6.45) is -2.49. The largest absolute Gasteiger partial charge is 0.612 e. The minimum Gasteiger partial charge on any atom is -0.612 e. The summed E-state index contributed by atoms with van der Waals surface area (Å²) < 4.78 is 105. The third-order valence-corrected chi connectivity index (χ3v) is 7.85. The Hall–Kier alpha value is -4.22. The van der Waals surface area contributed by atoms with Gasteiger partial charge in [0.15, 0.2) is 4.90 Å². The quantitative estimate of drug-likeness (QED) is 0.0837. The average Bonchev–Trinajstić information content (AvgIpc) is 3.39. The molecule has 0 aliphatic carbocycles. The fraction of sp³-hybridized carbons (Fsp3) is 0.233. The van der Waals surface area contributed by atoms with Crippen molar-refractivity contribution in [1.82, 2.24) is 9.78 Å². The number of halogens is 6. The summed E-state index contributed by atoms with van der Waals surface area (Å²) in [5, 5.41) is 14.7. The molecule has 0 saturated carbocycles. The van der Waals surface area contributed by atoms with Crippen LogP contribution >= 0.6 is 0 Å². The summed E-state index contributed by atoms with van der Waals surface area (Å²) in [5.41, 5.74) is 6.74. The van der Waals surface area contributed by atoms with Crippen molar-refractivity contribution in [3.8, 4) is 28.1 Å². The van der Waals surface area contributed by atoms with Crippen LogP contribution in [-0.4, -0.2) is 45.8 Å². The van der Waals surface area contributed by atoms with Crippen molar-refractivity contribution in [1.29, 1.82) is 0 Å². The molecule has 0 bridgehead atoms. The Morgan fingerprint density at radius 1 is 1.07 bits per heavy atom. The first-order valence-electron chi connectivity index (χ1n) is 13.3. The standard InChI is InChI=1S/C30H29F6N5O4S/c1-40-24(13-28(39-40)29(32,33)16-44-2)21-9-6-18(19-10-23(31)22(15-42)27(12-19)46(3)43)11-25(21)41(38)26(14-37)17-4-7-20(8-5-17)45-30(34,35)36/h4-14,42H,15-16,37-38H2,1-3H3/b26-14-. The van der Waals surface area contributed by atoms with Gasteiger partial charge in [0.1, 0.15) is 30.1 Å². The number of nitrogens with two attached hydrogens (primary N) is 2. The summed E-state index contributed by atoms with van der Waals surface area (Å²) in [6, 6.07) is 13.0. The van der Waals surface area contributed by atoms with Gasteiger partial charge in [-0.1, -0.05) is 12.1 Å². The molecule has 1 atom stereocenters. The molecule has 9 nitrogen and oxygen atoms in total. The van der Waals surface area contributed by atoms with E-state index in [0.29, 0.717) is 5.56 Å². The molecule has 4 rings (SSSR count). The Balaban J connectivity index is 1.90. The Bertz CT molecular complexity index is 1730. The van der Waals surface area contributed by atoms with E-state index in [1.165, 1.54) is 48.3 Å². The molecule has 246 valence electrons. The monoisotopic (exact) mass is 669 g/mol. The van der Waals surface area contributed by atoms with Crippen molar-refractivity contribution in [2.45, 2.75) is 23.8 Å². The molecule has 0 aliphatic rings. The van der Waals surface area contributed by atoms with Gasteiger partial charge in [-0.3, -0.25) is 9.69 Å². The number of hydrogen-bond acceptors (Lipinski definition) is 8. The van der Waals surface area contributed by atoms with Gasteiger partial charge in [0.05, 0.1) is 29.2 Å². The second-order valence-corrected chi connectivity index (χ2v) is 11.3. The van der Waals surface area contributed by atoms with Crippen LogP contribution in [0.25, 0.3) is 28.1 Å². The molecule has 0 amide bonds. The van der Waals surface area contributed by atoms with Crippen LogP contribution in [0.15, 0.2) is 71.8 Å². The Morgan fingerprint density at radius 2 is 1.74 bits per heavy atom. The first-order chi connectivity index (χ1) is 21.6. The van der Waals surface area contributed by atoms with Crippen LogP contribution in [0.4, 0.5) is 32.0 Å². The molecule has 0 saturated heterocycles. The number of hydrazine groups is 1. The van der Waals surface area contributed by atoms with Crippen molar-refractivity contribution in [2.75, 3.05) is 25.0 Å². The number of anilines is 1. The molecule has 46 heavy (non-hydrogen) atoms. The molecule has 3 aromatic carbocycles. The third-order valence-electron chi connectivity index (χ3n) is 6.87. The van der Waals surface area contributed by atoms with Crippen LogP contribution in [0.3, 0.4) is 0 Å². The lowest BCUT2D eigenvalue weighted by atomic mass is 9.98. The lowest BCUT2D eigenvalue weighted by molar-refractivity contribution is -0.274. The Kier molecular flexibility index (Phi) is 10.3. The first kappa shape index (κ1) is 34.6. The molecular weight excluding hydrogens is 640 g/mol. The van der Waals surface area contributed by atoms with Gasteiger partial charge in [0, 0.05) is 37.6 Å². The molecule has 1 heterocycles. The molecule has 1 unspecified atom stereocenters. The summed E-state index contributed by atoms with van der Waals surface area (Å²) in [6.45, 7) is -1.61. The van der Waals surface area contributed by atoms with Gasteiger partial charge in [-0.25, -0.2) is 10.2 Å². The predicted molar refractivity (Wildman–Crippen MR) is 160 cm³/mol. The fourth-order valence-electron chi connectivity index (χ4n) is 4.74. The number of alkyl halides is 5. The zero-order valence-electron chi connectivity index (χ0n) is 24.6. The summed E-state index contributed by atoms with van der Waals surface area (Å²) >= 11 is -1.67. The SMILES string of the molecule is COCC(F)(F)c1cc(-c2ccc(-c3cc(F)c(CO)c([S+](C)[O-])c3)cc2N(N)/C(=C\N)c2ccc(OC(F)(F)F)cc2)n(C)n1. The lowest BCUT2D eigenvalue weighted by Gasteiger charge is -2.26. The highest BCUT2D eigenvalue weighted by Crippen LogP contribution is 2.40. The topological polar surface area (TPSA) is 135 Å². The molecule has 16 heteroatoms. The van der Waals surface area contributed by atoms with E-state index in [1.54, 1.807) is 6.07 Å². The van der Waals surface area contributed by atoms with Crippen LogP contribution in [0.5, 0.6) is 5.75 Å². The maximum Gasteiger partial charge on any atom is 0.573 e. The number of hydrogen-bond donors (Lipinski definition) is 3. The van der Waals surface area contributed by atoms with Crippen molar-refractivity contribution < 1.29 is 45.5 Å². The molecule has 0 aliphatic heterocycles. The predicted octanol–water partition coefficient (Wildman–Crippen LogP) is 5.40. The number of nitrogens with zero attached hydrogens (tertiary/aromatic N) is 3. The summed E-state index contributed by atoms with van der Waals surface area (Å²) in [4.78, 5) is 0.0630. The van der Waals surface area contributed by atoms with Crippen LogP contribution in [0.2, 0.25) is 0 Å². The van der Waals surface area contributed by atoms with Crippen LogP contribution in [0, 0.1) is 5.82 Å². The minimum absolute atomic E-state index is 0.0630. The van der Waals surface area contributed by atoms with Gasteiger partial charge in [0.25, 0.3) is 0 Å². The number of rotatable bonds is 11. The van der Waals surface area contributed by atoms with E-state index < -0.39 is 53.9 Å². The second kappa shape index (κ2) is 13.6. The van der Waals surface area contributed by atoms with Crippen LogP contribution < -0.4 is 21.3 Å². The fourth-order valence-corrected chi connectivity index (χ4v) is 5.54. The van der Waals surface area contributed by atoms with Crippen molar-refractivity contribution >= 4 is 22.6 Å². The van der Waals surface area contributed by atoms with E-state index in [9.17, 15) is 31.6 Å². The Labute approximate surface area is 262 Å². The van der Waals surface area contributed by atoms with Crippen LogP contribution in [0.1, 0.15) is 16.8 Å². The number of benzene rings is 3. The summed E-state index contributed by atoms with van der Waals surface area (Å²) in [7, 11) is 2.56. The average molecular weight is 670 g/mol. The number of aryl methyl sites for hydroxylation is 1. The zero-order chi connectivity index (χ0) is 34.0. The zero-order valence-corrected chi connectivity index (χ0v) is 25.4. The second-order valence-electron chi connectivity index (χ2n) is 9.95. The Morgan fingerprint density at radius 3 is 2.30 bits per heavy atom. The number of methoxy groups -OCH3 is 1. The maximum absolute atomic E-state index is 15.0. The summed E-state index contributed by atoms with van der Waals surface area (Å²) in [5.74, 6) is 1.84. The highest BCUT2D eigenvalue weighted by atomic mass is 32.2. The van der Waals surface area contributed by atoms with Gasteiger partial charge in [-0.15, -0.1) is 13.2 Å². The van der Waals surface area contributed by atoms with E-state index in [4.69, 9.17) is 11.6 Å². The molecule has 0 fully saturated rings. The number of aromatic nitrogens is 2. The molecule has 5 N–H and O–H groups in total. The first-order valence-corrected chi connectivity index (χ1v) is 14.8. The third kappa shape index (κ3) is 7.42.